The molecule has 4 heteroatoms. The molecule has 2 rings (SSSR count). The third-order valence-corrected chi connectivity index (χ3v) is 5.86. The smallest absolute Gasteiger partial charge is 0.306 e. The first-order chi connectivity index (χ1) is 11.5. The third kappa shape index (κ3) is 5.49. The molecule has 24 heavy (non-hydrogen) atoms. The SMILES string of the molecule is CCCCC1(C2(OC(=O)CCCCCCCCC(=O)O)CC2)CC1. The van der Waals surface area contributed by atoms with Crippen LogP contribution in [0.4, 0.5) is 0 Å². The molecule has 0 aliphatic heterocycles. The van der Waals surface area contributed by atoms with Gasteiger partial charge in [0.1, 0.15) is 5.60 Å². The fraction of sp³-hybridized carbons (Fsp3) is 0.900. The van der Waals surface area contributed by atoms with Crippen molar-refractivity contribution < 1.29 is 19.4 Å². The number of ether oxygens (including phenoxy) is 1. The van der Waals surface area contributed by atoms with Crippen molar-refractivity contribution in [2.45, 2.75) is 109 Å². The number of aliphatic carboxylic acids is 1. The van der Waals surface area contributed by atoms with Crippen LogP contribution in [0.5, 0.6) is 0 Å². The van der Waals surface area contributed by atoms with Gasteiger partial charge >= 0.3 is 11.9 Å². The Bertz CT molecular complexity index is 421. The highest BCUT2D eigenvalue weighted by Crippen LogP contribution is 2.68. The van der Waals surface area contributed by atoms with Crippen LogP contribution < -0.4 is 0 Å². The van der Waals surface area contributed by atoms with Crippen molar-refractivity contribution in [2.24, 2.45) is 5.41 Å². The molecule has 4 nitrogen and oxygen atoms in total. The van der Waals surface area contributed by atoms with E-state index in [0.717, 1.165) is 51.4 Å². The summed E-state index contributed by atoms with van der Waals surface area (Å²) in [6, 6.07) is 0. The topological polar surface area (TPSA) is 63.6 Å². The Hall–Kier alpha value is -1.06. The first kappa shape index (κ1) is 19.3. The molecular weight excluding hydrogens is 304 g/mol. The Morgan fingerprint density at radius 2 is 1.46 bits per heavy atom. The Morgan fingerprint density at radius 1 is 0.875 bits per heavy atom. The zero-order valence-electron chi connectivity index (χ0n) is 15.3. The molecule has 0 radical (unpaired) electrons. The van der Waals surface area contributed by atoms with Gasteiger partial charge in [0.25, 0.3) is 0 Å². The number of rotatable bonds is 14. The number of carbonyl (C=O) groups excluding carboxylic acids is 1. The van der Waals surface area contributed by atoms with Crippen molar-refractivity contribution in [3.8, 4) is 0 Å². The van der Waals surface area contributed by atoms with E-state index in [2.05, 4.69) is 6.92 Å². The van der Waals surface area contributed by atoms with Crippen LogP contribution in [0.1, 0.15) is 103 Å². The first-order valence-corrected chi connectivity index (χ1v) is 9.97. The molecule has 0 saturated heterocycles. The predicted octanol–water partition coefficient (Wildman–Crippen LogP) is 5.24. The van der Waals surface area contributed by atoms with E-state index in [1.165, 1.54) is 32.1 Å². The molecule has 138 valence electrons. The van der Waals surface area contributed by atoms with Crippen molar-refractivity contribution in [3.05, 3.63) is 0 Å². The Labute approximate surface area is 146 Å². The number of carboxylic acids is 1. The van der Waals surface area contributed by atoms with E-state index in [-0.39, 0.29) is 18.0 Å². The summed E-state index contributed by atoms with van der Waals surface area (Å²) in [5.74, 6) is -0.708. The minimum atomic E-state index is -0.709. The molecule has 1 N–H and O–H groups in total. The van der Waals surface area contributed by atoms with Gasteiger partial charge in [-0.1, -0.05) is 45.4 Å². The van der Waals surface area contributed by atoms with Gasteiger partial charge in [0.2, 0.25) is 0 Å². The fourth-order valence-electron chi connectivity index (χ4n) is 3.98. The standard InChI is InChI=1S/C20H34O4/c1-2-3-12-19(13-14-19)20(15-16-20)24-18(23)11-9-7-5-4-6-8-10-17(21)22/h2-16H2,1H3,(H,21,22). The Morgan fingerprint density at radius 3 is 1.96 bits per heavy atom. The number of unbranched alkanes of at least 4 members (excludes halogenated alkanes) is 6. The fourth-order valence-corrected chi connectivity index (χ4v) is 3.98. The lowest BCUT2D eigenvalue weighted by Gasteiger charge is -2.27. The second-order valence-electron chi connectivity index (χ2n) is 7.87. The molecule has 0 unspecified atom stereocenters. The van der Waals surface area contributed by atoms with Crippen molar-refractivity contribution >= 4 is 11.9 Å². The molecular formula is C20H34O4. The average molecular weight is 338 g/mol. The van der Waals surface area contributed by atoms with Crippen molar-refractivity contribution in [1.29, 1.82) is 0 Å². The van der Waals surface area contributed by atoms with Gasteiger partial charge in [-0.05, 0) is 44.9 Å². The molecule has 2 aliphatic carbocycles. The van der Waals surface area contributed by atoms with E-state index < -0.39 is 5.97 Å². The van der Waals surface area contributed by atoms with Gasteiger partial charge in [-0.25, -0.2) is 0 Å². The molecule has 0 aromatic heterocycles. The molecule has 2 aliphatic rings. The second-order valence-corrected chi connectivity index (χ2v) is 7.87. The summed E-state index contributed by atoms with van der Waals surface area (Å²) >= 11 is 0. The zero-order chi connectivity index (χ0) is 17.5. The summed E-state index contributed by atoms with van der Waals surface area (Å²) < 4.78 is 5.94. The highest BCUT2D eigenvalue weighted by molar-refractivity contribution is 5.70. The molecule has 2 saturated carbocycles. The van der Waals surface area contributed by atoms with Gasteiger partial charge < -0.3 is 9.84 Å². The van der Waals surface area contributed by atoms with Crippen LogP contribution >= 0.6 is 0 Å². The summed E-state index contributed by atoms with van der Waals surface area (Å²) in [5, 5.41) is 8.57. The maximum Gasteiger partial charge on any atom is 0.306 e. The van der Waals surface area contributed by atoms with Crippen LogP contribution in [-0.2, 0) is 14.3 Å². The maximum absolute atomic E-state index is 12.2. The monoisotopic (exact) mass is 338 g/mol. The van der Waals surface area contributed by atoms with Crippen LogP contribution in [0.3, 0.4) is 0 Å². The summed E-state index contributed by atoms with van der Waals surface area (Å²) in [6.07, 6.45) is 15.0. The van der Waals surface area contributed by atoms with Crippen molar-refractivity contribution in [2.75, 3.05) is 0 Å². The van der Waals surface area contributed by atoms with Gasteiger partial charge in [-0.15, -0.1) is 0 Å². The van der Waals surface area contributed by atoms with E-state index in [9.17, 15) is 9.59 Å². The third-order valence-electron chi connectivity index (χ3n) is 5.86. The summed E-state index contributed by atoms with van der Waals surface area (Å²) in [4.78, 5) is 22.6. The molecule has 0 amide bonds. The van der Waals surface area contributed by atoms with Gasteiger partial charge in [0.05, 0.1) is 0 Å². The number of carboxylic acid groups (broad SMARTS) is 1. The molecule has 0 bridgehead atoms. The molecule has 0 aromatic carbocycles. The van der Waals surface area contributed by atoms with Crippen molar-refractivity contribution in [3.63, 3.8) is 0 Å². The van der Waals surface area contributed by atoms with Gasteiger partial charge in [0.15, 0.2) is 0 Å². The van der Waals surface area contributed by atoms with Gasteiger partial charge in [0, 0.05) is 18.3 Å². The van der Waals surface area contributed by atoms with E-state index in [1.807, 2.05) is 0 Å². The average Bonchev–Trinajstić information content (AvgIpc) is 3.43. The number of hydrogen-bond donors (Lipinski definition) is 1. The largest absolute Gasteiger partial charge is 0.481 e. The first-order valence-electron chi connectivity index (χ1n) is 9.97. The highest BCUT2D eigenvalue weighted by atomic mass is 16.6. The molecule has 0 spiro atoms. The molecule has 0 atom stereocenters. The van der Waals surface area contributed by atoms with Crippen LogP contribution in [0.15, 0.2) is 0 Å². The number of hydrogen-bond acceptors (Lipinski definition) is 3. The predicted molar refractivity (Wildman–Crippen MR) is 93.8 cm³/mol. The van der Waals surface area contributed by atoms with E-state index >= 15 is 0 Å². The minimum Gasteiger partial charge on any atom is -0.481 e. The molecule has 2 fully saturated rings. The van der Waals surface area contributed by atoms with Crippen LogP contribution in [0.2, 0.25) is 0 Å². The van der Waals surface area contributed by atoms with Crippen LogP contribution in [0.25, 0.3) is 0 Å². The maximum atomic E-state index is 12.2. The number of carbonyl (C=O) groups is 2. The van der Waals surface area contributed by atoms with Crippen molar-refractivity contribution in [1.82, 2.24) is 0 Å². The zero-order valence-corrected chi connectivity index (χ0v) is 15.3. The highest BCUT2D eigenvalue weighted by Gasteiger charge is 2.67. The lowest BCUT2D eigenvalue weighted by atomic mass is 9.90. The summed E-state index contributed by atoms with van der Waals surface area (Å²) in [7, 11) is 0. The van der Waals surface area contributed by atoms with Crippen LogP contribution in [0, 0.1) is 5.41 Å². The quantitative estimate of drug-likeness (QED) is 0.347. The van der Waals surface area contributed by atoms with Gasteiger partial charge in [-0.2, -0.15) is 0 Å². The lowest BCUT2D eigenvalue weighted by molar-refractivity contribution is -0.156. The molecule has 0 aromatic rings. The molecule has 0 heterocycles. The number of esters is 1. The minimum absolute atomic E-state index is 0.00107. The Balaban J connectivity index is 1.53. The van der Waals surface area contributed by atoms with Gasteiger partial charge in [-0.3, -0.25) is 9.59 Å². The second kappa shape index (κ2) is 8.87. The van der Waals surface area contributed by atoms with E-state index in [1.54, 1.807) is 0 Å². The lowest BCUT2D eigenvalue weighted by Crippen LogP contribution is -2.30. The summed E-state index contributed by atoms with van der Waals surface area (Å²) in [6.45, 7) is 2.23. The Kier molecular flexibility index (Phi) is 7.12. The van der Waals surface area contributed by atoms with Crippen LogP contribution in [-0.4, -0.2) is 22.6 Å². The van der Waals surface area contributed by atoms with E-state index in [0.29, 0.717) is 11.8 Å². The summed E-state index contributed by atoms with van der Waals surface area (Å²) in [5.41, 5.74) is 0.249. The normalized spacial score (nSPS) is 19.7. The van der Waals surface area contributed by atoms with E-state index in [4.69, 9.17) is 9.84 Å².